The van der Waals surface area contributed by atoms with E-state index in [9.17, 15) is 0 Å². The van der Waals surface area contributed by atoms with E-state index in [1.165, 1.54) is 0 Å². The molecule has 0 bridgehead atoms. The van der Waals surface area contributed by atoms with Gasteiger partial charge in [-0.25, -0.2) is 0 Å². The fourth-order valence-corrected chi connectivity index (χ4v) is 0. The summed E-state index contributed by atoms with van der Waals surface area (Å²) in [6, 6.07) is 0. The summed E-state index contributed by atoms with van der Waals surface area (Å²) in [6.45, 7) is 0. The Balaban J connectivity index is -0.0000000150. The molecule has 0 aliphatic carbocycles. The first-order valence-electron chi connectivity index (χ1n) is 0.651. The summed E-state index contributed by atoms with van der Waals surface area (Å²) in [4.78, 5) is 14.3. The van der Waals surface area contributed by atoms with Crippen molar-refractivity contribution >= 4 is 64.3 Å². The molecule has 7 heteroatoms. The van der Waals surface area contributed by atoms with E-state index in [1.54, 1.807) is 0 Å². The molecule has 0 atom stereocenters. The average molecular weight is 205 g/mol. The van der Waals surface area contributed by atoms with Crippen LogP contribution in [-0.2, 0) is 21.5 Å². The largest absolute Gasteiger partial charge is 0 e. The van der Waals surface area contributed by atoms with Crippen molar-refractivity contribution in [2.45, 2.75) is 0 Å². The smallest absolute Gasteiger partial charge is 0 e. The average Bonchev–Trinajstić information content (AvgIpc) is 0.811. The van der Waals surface area contributed by atoms with Crippen LogP contribution in [0.4, 0.5) is 0 Å². The number of hydrogen-bond acceptors (Lipinski definition) is 1. The molecule has 0 fully saturated rings. The Morgan fingerprint density at radius 1 is 1.29 bits per heavy atom. The molecule has 0 unspecified atom stereocenters. The fourth-order valence-electron chi connectivity index (χ4n) is 0. The van der Waals surface area contributed by atoms with Gasteiger partial charge < -0.3 is 9.59 Å². The minimum absolute atomic E-state index is 0. The van der Waals surface area contributed by atoms with Crippen molar-refractivity contribution in [2.75, 3.05) is 0 Å². The Morgan fingerprint density at radius 2 is 1.29 bits per heavy atom. The van der Waals surface area contributed by atoms with Gasteiger partial charge in [0.15, 0.2) is 17.4 Å². The first-order valence-corrected chi connectivity index (χ1v) is 1.95. The van der Waals surface area contributed by atoms with Gasteiger partial charge in [-0.1, -0.05) is 0 Å². The SMILES string of the molecule is O=[Si](O)O.[AlH3].[CaH2].[Mn]. The summed E-state index contributed by atoms with van der Waals surface area (Å²) in [7, 11) is -3.13. The van der Waals surface area contributed by atoms with Gasteiger partial charge in [0.1, 0.15) is 0 Å². The third-order valence-electron chi connectivity index (χ3n) is 0. The maximum absolute atomic E-state index is 8.74. The summed E-state index contributed by atoms with van der Waals surface area (Å²) in [5, 5.41) is 0. The van der Waals surface area contributed by atoms with Crippen molar-refractivity contribution in [2.24, 2.45) is 0 Å². The van der Waals surface area contributed by atoms with Gasteiger partial charge in [-0.2, -0.15) is 0 Å². The van der Waals surface area contributed by atoms with Crippen LogP contribution in [-0.4, -0.2) is 73.9 Å². The van der Waals surface area contributed by atoms with E-state index in [2.05, 4.69) is 0 Å². The zero-order valence-corrected chi connectivity index (χ0v) is 4.36. The van der Waals surface area contributed by atoms with Gasteiger partial charge in [-0.05, 0) is 0 Å². The van der Waals surface area contributed by atoms with Crippen LogP contribution in [0.25, 0.3) is 0 Å². The Kier molecular flexibility index (Phi) is 51.7. The van der Waals surface area contributed by atoms with E-state index in [-0.39, 0.29) is 72.2 Å². The number of hydrogen-bond donors (Lipinski definition) is 2. The van der Waals surface area contributed by atoms with Gasteiger partial charge in [-0.3, -0.25) is 4.46 Å². The van der Waals surface area contributed by atoms with Crippen LogP contribution in [0, 0.1) is 0 Å². The van der Waals surface area contributed by atoms with Crippen molar-refractivity contribution in [1.82, 2.24) is 0 Å². The Morgan fingerprint density at radius 3 is 1.29 bits per heavy atom. The molecule has 0 aliphatic rings. The molecule has 0 aromatic heterocycles. The molecule has 0 aromatic carbocycles. The molecular weight excluding hydrogens is 198 g/mol. The van der Waals surface area contributed by atoms with Crippen LogP contribution >= 0.6 is 0 Å². The second-order valence-electron chi connectivity index (χ2n) is 0.283. The maximum atomic E-state index is 8.74. The Labute approximate surface area is 94.0 Å². The van der Waals surface area contributed by atoms with E-state index < -0.39 is 9.17 Å². The minimum Gasteiger partial charge on any atom is 0 e. The van der Waals surface area contributed by atoms with Gasteiger partial charge in [0.25, 0.3) is 0 Å². The molecule has 0 saturated heterocycles. The molecule has 0 saturated carbocycles. The topological polar surface area (TPSA) is 57.5 Å². The Bertz CT molecular complexity index is 37.9. The van der Waals surface area contributed by atoms with Crippen molar-refractivity contribution < 1.29 is 31.1 Å². The van der Waals surface area contributed by atoms with Gasteiger partial charge >= 0.3 is 46.9 Å². The standard InChI is InChI=1S/Al.Ca.Mn.H2O3Si.5H/c;;;1-4(2)3;;;;;/h;;;1-2H;;;;;. The van der Waals surface area contributed by atoms with Crippen LogP contribution in [0.5, 0.6) is 0 Å². The van der Waals surface area contributed by atoms with E-state index in [0.29, 0.717) is 0 Å². The molecule has 41 valence electrons. The Hall–Kier alpha value is 1.93. The van der Waals surface area contributed by atoms with Gasteiger partial charge in [0.05, 0.1) is 0 Å². The van der Waals surface area contributed by atoms with Crippen molar-refractivity contribution in [3.63, 3.8) is 0 Å². The molecular formula is H7AlCaMnO3Si. The summed E-state index contributed by atoms with van der Waals surface area (Å²) in [5.74, 6) is 0. The zero-order chi connectivity index (χ0) is 3.58. The fraction of sp³-hybridized carbons (Fsp3) is 0. The predicted octanol–water partition coefficient (Wildman–Crippen LogP) is -3.72. The van der Waals surface area contributed by atoms with Crippen molar-refractivity contribution in [3.05, 3.63) is 0 Å². The van der Waals surface area contributed by atoms with Crippen molar-refractivity contribution in [1.29, 1.82) is 0 Å². The molecule has 0 amide bonds. The second kappa shape index (κ2) is 15.7. The van der Waals surface area contributed by atoms with Crippen LogP contribution in [0.2, 0.25) is 0 Å². The van der Waals surface area contributed by atoms with Gasteiger partial charge in [-0.15, -0.1) is 0 Å². The van der Waals surface area contributed by atoms with E-state index in [0.717, 1.165) is 0 Å². The third kappa shape index (κ3) is 74.9. The molecule has 7 heavy (non-hydrogen) atoms. The minimum atomic E-state index is -3.13. The van der Waals surface area contributed by atoms with Crippen LogP contribution in [0.3, 0.4) is 0 Å². The van der Waals surface area contributed by atoms with Crippen LogP contribution in [0.15, 0.2) is 0 Å². The molecule has 3 nitrogen and oxygen atoms in total. The summed E-state index contributed by atoms with van der Waals surface area (Å²) in [6.07, 6.45) is 0. The van der Waals surface area contributed by atoms with Gasteiger partial charge in [0.2, 0.25) is 0 Å². The molecule has 0 heterocycles. The zero-order valence-electron chi connectivity index (χ0n) is 2.18. The van der Waals surface area contributed by atoms with E-state index >= 15 is 0 Å². The summed E-state index contributed by atoms with van der Waals surface area (Å²) < 4.78 is 8.74. The monoisotopic (exact) mass is 205 g/mol. The normalized spacial score (nSPS) is 3.43. The quantitative estimate of drug-likeness (QED) is 0.400. The maximum Gasteiger partial charge on any atom is 0 e. The third-order valence-corrected chi connectivity index (χ3v) is 0. The second-order valence-corrected chi connectivity index (χ2v) is 0.848. The summed E-state index contributed by atoms with van der Waals surface area (Å²) >= 11 is 0. The first kappa shape index (κ1) is 23.1. The molecule has 0 spiro atoms. The molecule has 0 rings (SSSR count). The van der Waals surface area contributed by atoms with Crippen LogP contribution in [0.1, 0.15) is 0 Å². The summed E-state index contributed by atoms with van der Waals surface area (Å²) in [5.41, 5.74) is 0. The van der Waals surface area contributed by atoms with Crippen molar-refractivity contribution in [3.8, 4) is 0 Å². The van der Waals surface area contributed by atoms with E-state index in [1.807, 2.05) is 0 Å². The predicted molar refractivity (Wildman–Crippen MR) is 29.4 cm³/mol. The number of rotatable bonds is 0. The van der Waals surface area contributed by atoms with E-state index in [4.69, 9.17) is 14.1 Å². The molecule has 2 N–H and O–H groups in total. The first-order chi connectivity index (χ1) is 1.73. The molecule has 0 aliphatic heterocycles. The van der Waals surface area contributed by atoms with Crippen LogP contribution < -0.4 is 0 Å². The molecule has 1 radical (unpaired) electrons. The molecule has 0 aromatic rings. The van der Waals surface area contributed by atoms with Gasteiger partial charge in [0, 0.05) is 17.1 Å².